The van der Waals surface area contributed by atoms with E-state index in [2.05, 4.69) is 9.97 Å². The first-order valence-electron chi connectivity index (χ1n) is 6.60. The Kier molecular flexibility index (Phi) is 2.77. The van der Waals surface area contributed by atoms with Crippen molar-refractivity contribution in [3.05, 3.63) is 23.3 Å². The minimum absolute atomic E-state index is 0.0312. The molecule has 2 aromatic heterocycles. The molecule has 0 bridgehead atoms. The van der Waals surface area contributed by atoms with Crippen LogP contribution in [0.5, 0.6) is 0 Å². The maximum atomic E-state index is 11.0. The summed E-state index contributed by atoms with van der Waals surface area (Å²) in [4.78, 5) is 20.1. The molecule has 1 fully saturated rings. The van der Waals surface area contributed by atoms with Crippen LogP contribution in [0.3, 0.4) is 0 Å². The molecule has 0 aromatic carbocycles. The van der Waals surface area contributed by atoms with E-state index in [1.54, 1.807) is 0 Å². The van der Waals surface area contributed by atoms with Crippen LogP contribution in [0, 0.1) is 6.92 Å². The minimum atomic E-state index is -0.812. The lowest BCUT2D eigenvalue weighted by Gasteiger charge is -2.25. The molecular weight excluding hydrogens is 242 g/mol. The van der Waals surface area contributed by atoms with Gasteiger partial charge in [-0.15, -0.1) is 0 Å². The van der Waals surface area contributed by atoms with Crippen molar-refractivity contribution in [1.29, 1.82) is 0 Å². The number of carboxylic acid groups (broad SMARTS) is 1. The third-order valence-electron chi connectivity index (χ3n) is 3.87. The monoisotopic (exact) mass is 259 g/mol. The third-order valence-corrected chi connectivity index (χ3v) is 3.87. The van der Waals surface area contributed by atoms with Gasteiger partial charge in [0.2, 0.25) is 0 Å². The Morgan fingerprint density at radius 2 is 2.21 bits per heavy atom. The van der Waals surface area contributed by atoms with Gasteiger partial charge in [0.1, 0.15) is 11.5 Å². The number of aryl methyl sites for hydroxylation is 2. The Hall–Kier alpha value is -1.91. The maximum absolute atomic E-state index is 11.0. The van der Waals surface area contributed by atoms with E-state index in [1.165, 1.54) is 6.42 Å². The van der Waals surface area contributed by atoms with E-state index in [0.717, 1.165) is 41.0 Å². The number of hydrogen-bond acceptors (Lipinski definition) is 3. The second-order valence-electron chi connectivity index (χ2n) is 5.32. The molecule has 100 valence electrons. The summed E-state index contributed by atoms with van der Waals surface area (Å²) in [5, 5.41) is 10.00. The van der Waals surface area contributed by atoms with E-state index in [0.29, 0.717) is 5.92 Å². The number of nitrogens with zero attached hydrogens (tertiary/aromatic N) is 3. The summed E-state index contributed by atoms with van der Waals surface area (Å²) in [6.45, 7) is 1.89. The van der Waals surface area contributed by atoms with Gasteiger partial charge in [-0.25, -0.2) is 9.97 Å². The van der Waals surface area contributed by atoms with Crippen molar-refractivity contribution < 1.29 is 9.90 Å². The van der Waals surface area contributed by atoms with Crippen molar-refractivity contribution in [3.63, 3.8) is 0 Å². The van der Waals surface area contributed by atoms with Crippen LogP contribution in [0.4, 0.5) is 0 Å². The molecule has 3 rings (SSSR count). The molecule has 1 aliphatic carbocycles. The molecule has 5 nitrogen and oxygen atoms in total. The predicted octanol–water partition coefficient (Wildman–Crippen LogP) is 2.17. The van der Waals surface area contributed by atoms with Gasteiger partial charge in [-0.05, 0) is 25.3 Å². The van der Waals surface area contributed by atoms with E-state index >= 15 is 0 Å². The van der Waals surface area contributed by atoms with Gasteiger partial charge in [0.05, 0.1) is 12.1 Å². The number of fused-ring (bicyclic) bond motifs is 1. The molecule has 0 radical (unpaired) electrons. The van der Waals surface area contributed by atoms with E-state index in [-0.39, 0.29) is 6.42 Å². The van der Waals surface area contributed by atoms with Gasteiger partial charge in [0, 0.05) is 24.5 Å². The fourth-order valence-corrected chi connectivity index (χ4v) is 2.78. The molecule has 19 heavy (non-hydrogen) atoms. The number of hydrogen-bond donors (Lipinski definition) is 1. The quantitative estimate of drug-likeness (QED) is 0.917. The van der Waals surface area contributed by atoms with E-state index in [1.807, 2.05) is 24.7 Å². The molecule has 1 saturated carbocycles. The van der Waals surface area contributed by atoms with E-state index in [9.17, 15) is 4.79 Å². The molecule has 0 amide bonds. The van der Waals surface area contributed by atoms with Crippen LogP contribution in [0.2, 0.25) is 0 Å². The zero-order valence-electron chi connectivity index (χ0n) is 11.2. The second-order valence-corrected chi connectivity index (χ2v) is 5.32. The Labute approximate surface area is 111 Å². The summed E-state index contributed by atoms with van der Waals surface area (Å²) in [6, 6.07) is 0. The van der Waals surface area contributed by atoms with Crippen molar-refractivity contribution in [2.75, 3.05) is 0 Å². The molecule has 1 aliphatic rings. The average molecular weight is 259 g/mol. The summed E-state index contributed by atoms with van der Waals surface area (Å²) < 4.78 is 1.91. The van der Waals surface area contributed by atoms with E-state index < -0.39 is 5.97 Å². The minimum Gasteiger partial charge on any atom is -0.481 e. The van der Waals surface area contributed by atoms with Crippen molar-refractivity contribution in [2.24, 2.45) is 7.05 Å². The molecule has 2 aromatic rings. The van der Waals surface area contributed by atoms with Gasteiger partial charge >= 0.3 is 5.97 Å². The highest BCUT2D eigenvalue weighted by Gasteiger charge is 2.26. The number of rotatable bonds is 3. The van der Waals surface area contributed by atoms with Gasteiger partial charge in [-0.1, -0.05) is 6.42 Å². The molecule has 0 saturated heterocycles. The zero-order valence-corrected chi connectivity index (χ0v) is 11.2. The summed E-state index contributed by atoms with van der Waals surface area (Å²) in [5.74, 6) is 0.421. The highest BCUT2D eigenvalue weighted by atomic mass is 16.4. The lowest BCUT2D eigenvalue weighted by molar-refractivity contribution is -0.136. The van der Waals surface area contributed by atoms with Crippen molar-refractivity contribution in [3.8, 4) is 0 Å². The molecule has 0 unspecified atom stereocenters. The highest BCUT2D eigenvalue weighted by Crippen LogP contribution is 2.39. The SMILES string of the molecule is Cc1nc(C2CCC2)c2c(CC(=O)O)cn(C)c2n1. The van der Waals surface area contributed by atoms with Crippen LogP contribution in [0.15, 0.2) is 6.20 Å². The Bertz CT molecular complexity index is 656. The summed E-state index contributed by atoms with van der Waals surface area (Å²) in [5.41, 5.74) is 2.73. The largest absolute Gasteiger partial charge is 0.481 e. The lowest BCUT2D eigenvalue weighted by atomic mass is 9.81. The van der Waals surface area contributed by atoms with E-state index in [4.69, 9.17) is 5.11 Å². The molecule has 0 atom stereocenters. The molecule has 1 N–H and O–H groups in total. The molecule has 2 heterocycles. The van der Waals surface area contributed by atoms with Crippen LogP contribution in [0.1, 0.15) is 42.3 Å². The Morgan fingerprint density at radius 1 is 1.47 bits per heavy atom. The topological polar surface area (TPSA) is 68.0 Å². The van der Waals surface area contributed by atoms with Crippen LogP contribution < -0.4 is 0 Å². The molecule has 0 spiro atoms. The van der Waals surface area contributed by atoms with Crippen molar-refractivity contribution in [1.82, 2.24) is 14.5 Å². The van der Waals surface area contributed by atoms with Crippen LogP contribution in [-0.2, 0) is 18.3 Å². The van der Waals surface area contributed by atoms with Gasteiger partial charge in [0.25, 0.3) is 0 Å². The third kappa shape index (κ3) is 1.99. The number of carboxylic acids is 1. The molecule has 0 aliphatic heterocycles. The van der Waals surface area contributed by atoms with Gasteiger partial charge in [-0.2, -0.15) is 0 Å². The summed E-state index contributed by atoms with van der Waals surface area (Å²) >= 11 is 0. The predicted molar refractivity (Wildman–Crippen MR) is 71.2 cm³/mol. The highest BCUT2D eigenvalue weighted by molar-refractivity contribution is 5.87. The lowest BCUT2D eigenvalue weighted by Crippen LogP contribution is -2.13. The smallest absolute Gasteiger partial charge is 0.307 e. The van der Waals surface area contributed by atoms with Crippen LogP contribution >= 0.6 is 0 Å². The Balaban J connectivity index is 2.24. The fraction of sp³-hybridized carbons (Fsp3) is 0.500. The standard InChI is InChI=1S/C14H17N3O2/c1-8-15-13(9-4-3-5-9)12-10(6-11(18)19)7-17(2)14(12)16-8/h7,9H,3-6H2,1-2H3,(H,18,19). The number of aliphatic carboxylic acids is 1. The Morgan fingerprint density at radius 3 is 2.79 bits per heavy atom. The van der Waals surface area contributed by atoms with Crippen molar-refractivity contribution >= 4 is 17.0 Å². The maximum Gasteiger partial charge on any atom is 0.307 e. The zero-order chi connectivity index (χ0) is 13.6. The summed E-state index contributed by atoms with van der Waals surface area (Å²) in [7, 11) is 1.91. The molecule has 5 heteroatoms. The number of carbonyl (C=O) groups is 1. The normalized spacial score (nSPS) is 15.7. The average Bonchev–Trinajstić information content (AvgIpc) is 2.52. The van der Waals surface area contributed by atoms with Crippen LogP contribution in [-0.4, -0.2) is 25.6 Å². The second kappa shape index (κ2) is 4.33. The van der Waals surface area contributed by atoms with Gasteiger partial charge in [0.15, 0.2) is 0 Å². The number of aromatic nitrogens is 3. The summed E-state index contributed by atoms with van der Waals surface area (Å²) in [6.07, 6.45) is 5.43. The van der Waals surface area contributed by atoms with Crippen molar-refractivity contribution in [2.45, 2.75) is 38.5 Å². The first-order chi connectivity index (χ1) is 9.06. The van der Waals surface area contributed by atoms with Gasteiger partial charge < -0.3 is 9.67 Å². The first-order valence-corrected chi connectivity index (χ1v) is 6.60. The van der Waals surface area contributed by atoms with Gasteiger partial charge in [-0.3, -0.25) is 4.79 Å². The first kappa shape index (κ1) is 12.1. The van der Waals surface area contributed by atoms with Crippen LogP contribution in [0.25, 0.3) is 11.0 Å². The fourth-order valence-electron chi connectivity index (χ4n) is 2.78. The molecular formula is C14H17N3O2.